The van der Waals surface area contributed by atoms with Crippen molar-refractivity contribution >= 4 is 0 Å². The zero-order valence-electron chi connectivity index (χ0n) is 8.54. The molecule has 3 rings (SSSR count). The molecule has 0 bridgehead atoms. The van der Waals surface area contributed by atoms with Gasteiger partial charge >= 0.3 is 0 Å². The molecule has 0 aromatic heterocycles. The molecule has 0 aliphatic carbocycles. The first kappa shape index (κ1) is 9.31. The summed E-state index contributed by atoms with van der Waals surface area (Å²) >= 11 is 0. The molecule has 15 heavy (non-hydrogen) atoms. The summed E-state index contributed by atoms with van der Waals surface area (Å²) in [7, 11) is 0. The minimum atomic E-state index is -0.205. The third-order valence-corrected chi connectivity index (χ3v) is 3.82. The lowest BCUT2D eigenvalue weighted by Gasteiger charge is -2.30. The average Bonchev–Trinajstić information content (AvgIpc) is 2.72. The number of hydrogen-bond donors (Lipinski definition) is 1. The lowest BCUT2D eigenvalue weighted by Crippen LogP contribution is -2.38. The first-order valence-electron chi connectivity index (χ1n) is 5.41. The van der Waals surface area contributed by atoms with Crippen LogP contribution in [0.4, 0.5) is 4.39 Å². The number of fused-ring (bicyclic) bond motifs is 3. The fraction of sp³-hybridized carbons (Fsp3) is 0.500. The molecule has 1 aromatic carbocycles. The molecule has 80 valence electrons. The van der Waals surface area contributed by atoms with Crippen molar-refractivity contribution < 1.29 is 9.50 Å². The molecule has 0 amide bonds. The maximum absolute atomic E-state index is 13.1. The second-order valence-electron chi connectivity index (χ2n) is 4.52. The van der Waals surface area contributed by atoms with Crippen LogP contribution in [0.15, 0.2) is 18.2 Å². The smallest absolute Gasteiger partial charge is 0.123 e. The third kappa shape index (κ3) is 1.11. The van der Waals surface area contributed by atoms with E-state index in [0.717, 1.165) is 37.1 Å². The first-order valence-corrected chi connectivity index (χ1v) is 5.41. The largest absolute Gasteiger partial charge is 0.394 e. The molecule has 1 aromatic rings. The van der Waals surface area contributed by atoms with Gasteiger partial charge in [0.2, 0.25) is 0 Å². The zero-order chi connectivity index (χ0) is 10.5. The fourth-order valence-electron chi connectivity index (χ4n) is 3.09. The Hall–Kier alpha value is -0.930. The highest BCUT2D eigenvalue weighted by atomic mass is 19.1. The van der Waals surface area contributed by atoms with E-state index in [-0.39, 0.29) is 18.0 Å². The number of rotatable bonds is 1. The zero-order valence-corrected chi connectivity index (χ0v) is 8.54. The van der Waals surface area contributed by atoms with E-state index in [0.29, 0.717) is 0 Å². The summed E-state index contributed by atoms with van der Waals surface area (Å²) < 4.78 is 13.1. The van der Waals surface area contributed by atoms with Crippen LogP contribution in [0.3, 0.4) is 0 Å². The second kappa shape index (κ2) is 3.03. The Kier molecular flexibility index (Phi) is 1.88. The molecule has 1 atom stereocenters. The van der Waals surface area contributed by atoms with Crippen molar-refractivity contribution in [3.05, 3.63) is 35.1 Å². The Balaban J connectivity index is 2.14. The number of nitrogens with zero attached hydrogens (tertiary/aromatic N) is 1. The minimum Gasteiger partial charge on any atom is -0.394 e. The van der Waals surface area contributed by atoms with Gasteiger partial charge in [0.15, 0.2) is 0 Å². The Labute approximate surface area is 88.3 Å². The molecule has 0 saturated carbocycles. The van der Waals surface area contributed by atoms with Gasteiger partial charge < -0.3 is 5.11 Å². The summed E-state index contributed by atoms with van der Waals surface area (Å²) in [6.07, 6.45) is 2.11. The van der Waals surface area contributed by atoms with Crippen molar-refractivity contribution in [1.29, 1.82) is 0 Å². The molecule has 2 heterocycles. The van der Waals surface area contributed by atoms with E-state index >= 15 is 0 Å². The molecule has 0 radical (unpaired) electrons. The lowest BCUT2D eigenvalue weighted by atomic mass is 9.89. The standard InChI is InChI=1S/C12H14FNO/c13-10-2-3-11-9(6-10)7-14-5-1-4-12(11,14)8-15/h2-3,6,15H,1,4-5,7-8H2. The van der Waals surface area contributed by atoms with E-state index in [2.05, 4.69) is 4.90 Å². The highest BCUT2D eigenvalue weighted by Crippen LogP contribution is 2.46. The molecular formula is C12H14FNO. The Morgan fingerprint density at radius 2 is 2.33 bits per heavy atom. The van der Waals surface area contributed by atoms with Crippen LogP contribution in [0.2, 0.25) is 0 Å². The fourth-order valence-corrected chi connectivity index (χ4v) is 3.09. The van der Waals surface area contributed by atoms with Crippen molar-refractivity contribution in [3.63, 3.8) is 0 Å². The minimum absolute atomic E-state index is 0.144. The second-order valence-corrected chi connectivity index (χ2v) is 4.52. The normalized spacial score (nSPS) is 29.2. The monoisotopic (exact) mass is 207 g/mol. The SMILES string of the molecule is OCC12CCCN1Cc1cc(F)ccc12. The number of benzene rings is 1. The van der Waals surface area contributed by atoms with Gasteiger partial charge in [-0.25, -0.2) is 4.39 Å². The van der Waals surface area contributed by atoms with Crippen LogP contribution in [-0.2, 0) is 12.1 Å². The van der Waals surface area contributed by atoms with Gasteiger partial charge in [-0.2, -0.15) is 0 Å². The van der Waals surface area contributed by atoms with Crippen molar-refractivity contribution in [2.45, 2.75) is 24.9 Å². The molecule has 2 aliphatic rings. The van der Waals surface area contributed by atoms with Crippen LogP contribution < -0.4 is 0 Å². The molecular weight excluding hydrogens is 193 g/mol. The van der Waals surface area contributed by atoms with E-state index in [4.69, 9.17) is 0 Å². The Bertz CT molecular complexity index is 407. The summed E-state index contributed by atoms with van der Waals surface area (Å²) in [5, 5.41) is 9.61. The first-order chi connectivity index (χ1) is 7.26. The summed E-state index contributed by atoms with van der Waals surface area (Å²) in [5.41, 5.74) is 1.97. The lowest BCUT2D eigenvalue weighted by molar-refractivity contribution is 0.0752. The van der Waals surface area contributed by atoms with Crippen LogP contribution in [0.5, 0.6) is 0 Å². The van der Waals surface area contributed by atoms with Crippen LogP contribution in [0.25, 0.3) is 0 Å². The van der Waals surface area contributed by atoms with Gasteiger partial charge in [-0.15, -0.1) is 0 Å². The Morgan fingerprint density at radius 1 is 1.47 bits per heavy atom. The number of aliphatic hydroxyl groups excluding tert-OH is 1. The van der Waals surface area contributed by atoms with Crippen LogP contribution in [-0.4, -0.2) is 23.2 Å². The number of aliphatic hydroxyl groups is 1. The summed E-state index contributed by atoms with van der Waals surface area (Å²) in [6.45, 7) is 1.94. The predicted molar refractivity (Wildman–Crippen MR) is 54.8 cm³/mol. The molecule has 2 aliphatic heterocycles. The van der Waals surface area contributed by atoms with E-state index < -0.39 is 0 Å². The summed E-state index contributed by atoms with van der Waals surface area (Å²) in [4.78, 5) is 2.27. The van der Waals surface area contributed by atoms with E-state index in [1.807, 2.05) is 6.07 Å². The average molecular weight is 207 g/mol. The number of hydrogen-bond acceptors (Lipinski definition) is 2. The molecule has 0 spiro atoms. The topological polar surface area (TPSA) is 23.5 Å². The summed E-state index contributed by atoms with van der Waals surface area (Å²) in [6, 6.07) is 4.94. The number of halogens is 1. The van der Waals surface area contributed by atoms with Crippen LogP contribution in [0, 0.1) is 5.82 Å². The van der Waals surface area contributed by atoms with Crippen LogP contribution >= 0.6 is 0 Å². The quantitative estimate of drug-likeness (QED) is 0.756. The van der Waals surface area contributed by atoms with E-state index in [1.54, 1.807) is 6.07 Å². The molecule has 3 heteroatoms. The van der Waals surface area contributed by atoms with E-state index in [9.17, 15) is 9.50 Å². The Morgan fingerprint density at radius 3 is 3.13 bits per heavy atom. The van der Waals surface area contributed by atoms with Gasteiger partial charge in [-0.3, -0.25) is 4.90 Å². The molecule has 2 nitrogen and oxygen atoms in total. The predicted octanol–water partition coefficient (Wildman–Crippen LogP) is 1.62. The summed E-state index contributed by atoms with van der Waals surface area (Å²) in [5.74, 6) is -0.178. The van der Waals surface area contributed by atoms with E-state index in [1.165, 1.54) is 6.07 Å². The highest BCUT2D eigenvalue weighted by Gasteiger charge is 2.47. The van der Waals surface area contributed by atoms with Gasteiger partial charge in [-0.05, 0) is 42.6 Å². The third-order valence-electron chi connectivity index (χ3n) is 3.82. The molecule has 1 unspecified atom stereocenters. The van der Waals surface area contributed by atoms with Gasteiger partial charge in [-0.1, -0.05) is 6.07 Å². The van der Waals surface area contributed by atoms with Gasteiger partial charge in [0.1, 0.15) is 5.82 Å². The molecule has 1 N–H and O–H groups in total. The maximum atomic E-state index is 13.1. The van der Waals surface area contributed by atoms with Crippen molar-refractivity contribution in [1.82, 2.24) is 4.90 Å². The maximum Gasteiger partial charge on any atom is 0.123 e. The van der Waals surface area contributed by atoms with Crippen molar-refractivity contribution in [2.24, 2.45) is 0 Å². The van der Waals surface area contributed by atoms with Gasteiger partial charge in [0.25, 0.3) is 0 Å². The van der Waals surface area contributed by atoms with Crippen molar-refractivity contribution in [3.8, 4) is 0 Å². The highest BCUT2D eigenvalue weighted by molar-refractivity contribution is 5.40. The van der Waals surface area contributed by atoms with Crippen LogP contribution in [0.1, 0.15) is 24.0 Å². The van der Waals surface area contributed by atoms with Gasteiger partial charge in [0.05, 0.1) is 12.1 Å². The molecule has 1 saturated heterocycles. The van der Waals surface area contributed by atoms with Crippen molar-refractivity contribution in [2.75, 3.05) is 13.2 Å². The van der Waals surface area contributed by atoms with Gasteiger partial charge in [0, 0.05) is 6.54 Å². The molecule has 1 fully saturated rings.